The van der Waals surface area contributed by atoms with E-state index in [1.165, 1.54) is 12.7 Å². The van der Waals surface area contributed by atoms with Gasteiger partial charge in [0.15, 0.2) is 11.5 Å². The van der Waals surface area contributed by atoms with E-state index < -0.39 is 32.4 Å². The normalized spacial score (nSPS) is 31.8. The summed E-state index contributed by atoms with van der Waals surface area (Å²) in [6.45, 7) is 1.76. The van der Waals surface area contributed by atoms with Gasteiger partial charge in [-0.3, -0.25) is 18.1 Å². The molecular formula is C20H22Cl2N5O6P. The fourth-order valence-corrected chi connectivity index (χ4v) is 6.07. The summed E-state index contributed by atoms with van der Waals surface area (Å²) in [6.07, 6.45) is 0.432. The van der Waals surface area contributed by atoms with E-state index in [9.17, 15) is 9.67 Å². The van der Waals surface area contributed by atoms with Crippen LogP contribution in [0, 0.1) is 5.92 Å². The third kappa shape index (κ3) is 4.55. The van der Waals surface area contributed by atoms with E-state index in [2.05, 4.69) is 15.0 Å². The van der Waals surface area contributed by atoms with Gasteiger partial charge in [-0.2, -0.15) is 0 Å². The van der Waals surface area contributed by atoms with Gasteiger partial charge < -0.3 is 15.6 Å². The van der Waals surface area contributed by atoms with E-state index >= 15 is 0 Å². The number of imidazole rings is 1. The molecule has 182 valence electrons. The summed E-state index contributed by atoms with van der Waals surface area (Å²) in [4.78, 5) is 12.4. The lowest BCUT2D eigenvalue weighted by Crippen LogP contribution is -2.29. The standard InChI is InChI=1S/C20H22Cl2N5O6P/c1-10-17(28)15(32-20(10)27-9-26-16-18(23)24-8-25-19(16)27)7-31-34(29)30-3-2-14(33-34)11-4-12(21)6-13(22)5-11/h4-6,8-10,14-15,17,20,28H,2-3,7H2,1H3,(H2,23,24,25)/t10-,14?,15+,17-,20+,34?/m0/s1. The Labute approximate surface area is 204 Å². The highest BCUT2D eigenvalue weighted by Crippen LogP contribution is 2.57. The summed E-state index contributed by atoms with van der Waals surface area (Å²) in [7, 11) is -3.92. The number of aromatic nitrogens is 4. The van der Waals surface area contributed by atoms with E-state index in [0.29, 0.717) is 33.2 Å². The Bertz CT molecular complexity index is 1240. The number of benzene rings is 1. The first-order chi connectivity index (χ1) is 16.2. The van der Waals surface area contributed by atoms with Crippen molar-refractivity contribution in [3.8, 4) is 0 Å². The van der Waals surface area contributed by atoms with Crippen molar-refractivity contribution in [3.63, 3.8) is 0 Å². The molecule has 3 aromatic rings. The molecule has 2 fully saturated rings. The molecule has 2 saturated heterocycles. The molecule has 6 atom stereocenters. The van der Waals surface area contributed by atoms with Gasteiger partial charge in [0.1, 0.15) is 24.2 Å². The van der Waals surface area contributed by atoms with Gasteiger partial charge in [0.25, 0.3) is 0 Å². The number of hydrogen-bond donors (Lipinski definition) is 2. The number of aliphatic hydroxyl groups is 1. The Balaban J connectivity index is 1.28. The van der Waals surface area contributed by atoms with Gasteiger partial charge in [-0.05, 0) is 23.8 Å². The van der Waals surface area contributed by atoms with Crippen molar-refractivity contribution in [1.82, 2.24) is 19.5 Å². The van der Waals surface area contributed by atoms with Crippen LogP contribution in [0.4, 0.5) is 5.82 Å². The predicted octanol–water partition coefficient (Wildman–Crippen LogP) is 3.91. The second kappa shape index (κ2) is 9.33. The molecule has 0 aliphatic carbocycles. The van der Waals surface area contributed by atoms with Crippen molar-refractivity contribution < 1.29 is 28.0 Å². The van der Waals surface area contributed by atoms with Gasteiger partial charge in [0, 0.05) is 22.4 Å². The number of nitrogens with two attached hydrogens (primary N) is 1. The van der Waals surface area contributed by atoms with Crippen LogP contribution < -0.4 is 5.73 Å². The predicted molar refractivity (Wildman–Crippen MR) is 123 cm³/mol. The molecule has 3 N–H and O–H groups in total. The minimum absolute atomic E-state index is 0.154. The summed E-state index contributed by atoms with van der Waals surface area (Å²) < 4.78 is 37.4. The largest absolute Gasteiger partial charge is 0.475 e. The first-order valence-electron chi connectivity index (χ1n) is 10.5. The topological polar surface area (TPSA) is 144 Å². The Morgan fingerprint density at radius 3 is 2.79 bits per heavy atom. The molecule has 34 heavy (non-hydrogen) atoms. The van der Waals surface area contributed by atoms with E-state index in [0.717, 1.165) is 0 Å². The van der Waals surface area contributed by atoms with Crippen LogP contribution in [0.3, 0.4) is 0 Å². The van der Waals surface area contributed by atoms with Crippen LogP contribution in [0.15, 0.2) is 30.9 Å². The van der Waals surface area contributed by atoms with Crippen molar-refractivity contribution in [2.75, 3.05) is 18.9 Å². The van der Waals surface area contributed by atoms with Crippen molar-refractivity contribution in [3.05, 3.63) is 46.5 Å². The molecule has 0 spiro atoms. The summed E-state index contributed by atoms with van der Waals surface area (Å²) in [6, 6.07) is 4.98. The number of hydrogen-bond acceptors (Lipinski definition) is 10. The molecule has 11 nitrogen and oxygen atoms in total. The van der Waals surface area contributed by atoms with E-state index in [-0.39, 0.29) is 24.9 Å². The molecule has 0 saturated carbocycles. The molecule has 2 aromatic heterocycles. The van der Waals surface area contributed by atoms with Crippen LogP contribution in [0.2, 0.25) is 10.0 Å². The van der Waals surface area contributed by atoms with E-state index in [1.54, 1.807) is 22.8 Å². The molecule has 2 unspecified atom stereocenters. The number of halogens is 2. The molecule has 5 rings (SSSR count). The number of nitrogens with zero attached hydrogens (tertiary/aromatic N) is 4. The number of nitrogen functional groups attached to an aromatic ring is 1. The molecule has 0 amide bonds. The van der Waals surface area contributed by atoms with Gasteiger partial charge in [-0.15, -0.1) is 0 Å². The average Bonchev–Trinajstić information content (AvgIpc) is 3.34. The maximum atomic E-state index is 13.1. The van der Waals surface area contributed by atoms with Crippen LogP contribution in [0.25, 0.3) is 11.2 Å². The monoisotopic (exact) mass is 529 g/mol. The molecule has 0 bridgehead atoms. The SMILES string of the molecule is C[C@H]1[C@H](O)[C@@H](COP2(=O)OCCC(c3cc(Cl)cc(Cl)c3)O2)O[C@H]1n1cnc2c(N)ncnc21. The second-order valence-electron chi connectivity index (χ2n) is 8.16. The van der Waals surface area contributed by atoms with Crippen molar-refractivity contribution in [2.45, 2.75) is 37.9 Å². The fourth-order valence-electron chi connectivity index (χ4n) is 4.14. The van der Waals surface area contributed by atoms with Crippen LogP contribution in [0.1, 0.15) is 31.2 Å². The van der Waals surface area contributed by atoms with Gasteiger partial charge in [-0.25, -0.2) is 19.5 Å². The summed E-state index contributed by atoms with van der Waals surface area (Å²) in [5.41, 5.74) is 7.45. The first-order valence-corrected chi connectivity index (χ1v) is 12.8. The van der Waals surface area contributed by atoms with Gasteiger partial charge in [0.05, 0.1) is 31.7 Å². The zero-order valence-corrected chi connectivity index (χ0v) is 20.4. The number of rotatable bonds is 5. The van der Waals surface area contributed by atoms with E-state index in [4.69, 9.17) is 47.2 Å². The summed E-state index contributed by atoms with van der Waals surface area (Å²) in [5, 5.41) is 11.6. The highest BCUT2D eigenvalue weighted by Gasteiger charge is 2.45. The highest BCUT2D eigenvalue weighted by atomic mass is 35.5. The summed E-state index contributed by atoms with van der Waals surface area (Å²) in [5.74, 6) is -0.104. The van der Waals surface area contributed by atoms with Crippen molar-refractivity contribution in [2.24, 2.45) is 5.92 Å². The van der Waals surface area contributed by atoms with Crippen molar-refractivity contribution in [1.29, 1.82) is 0 Å². The molecular weight excluding hydrogens is 508 g/mol. The molecule has 1 aromatic carbocycles. The third-order valence-electron chi connectivity index (χ3n) is 5.88. The maximum absolute atomic E-state index is 13.1. The quantitative estimate of drug-likeness (QED) is 0.466. The van der Waals surface area contributed by atoms with Gasteiger partial charge >= 0.3 is 7.82 Å². The zero-order valence-electron chi connectivity index (χ0n) is 18.0. The lowest BCUT2D eigenvalue weighted by atomic mass is 10.0. The second-order valence-corrected chi connectivity index (χ2v) is 10.7. The van der Waals surface area contributed by atoms with Crippen LogP contribution in [-0.2, 0) is 22.9 Å². The number of fused-ring (bicyclic) bond motifs is 1. The minimum atomic E-state index is -3.92. The Kier molecular flexibility index (Phi) is 6.56. The molecule has 0 radical (unpaired) electrons. The zero-order chi connectivity index (χ0) is 24.0. The number of phosphoric ester groups is 1. The van der Waals surface area contributed by atoms with Gasteiger partial charge in [0.2, 0.25) is 0 Å². The Morgan fingerprint density at radius 1 is 1.26 bits per heavy atom. The van der Waals surface area contributed by atoms with Crippen LogP contribution >= 0.6 is 31.0 Å². The molecule has 2 aliphatic rings. The Hall–Kier alpha value is -1.82. The third-order valence-corrected chi connectivity index (χ3v) is 7.80. The van der Waals surface area contributed by atoms with E-state index in [1.807, 2.05) is 6.92 Å². The smallest absolute Gasteiger partial charge is 0.390 e. The molecule has 14 heteroatoms. The van der Waals surface area contributed by atoms with Gasteiger partial charge in [-0.1, -0.05) is 30.1 Å². The lowest BCUT2D eigenvalue weighted by Gasteiger charge is -2.30. The molecule has 2 aliphatic heterocycles. The number of anilines is 1. The number of aliphatic hydroxyl groups excluding tert-OH is 1. The minimum Gasteiger partial charge on any atom is -0.390 e. The number of phosphoric acid groups is 1. The highest BCUT2D eigenvalue weighted by molar-refractivity contribution is 7.48. The molecule has 4 heterocycles. The van der Waals surface area contributed by atoms with Crippen LogP contribution in [0.5, 0.6) is 0 Å². The maximum Gasteiger partial charge on any atom is 0.475 e. The van der Waals surface area contributed by atoms with Crippen LogP contribution in [-0.4, -0.2) is 50.0 Å². The fraction of sp³-hybridized carbons (Fsp3) is 0.450. The first kappa shape index (κ1) is 23.9. The Morgan fingerprint density at radius 2 is 2.03 bits per heavy atom. The average molecular weight is 530 g/mol. The number of ether oxygens (including phenoxy) is 1. The van der Waals surface area contributed by atoms with Crippen molar-refractivity contribution >= 4 is 48.0 Å². The summed E-state index contributed by atoms with van der Waals surface area (Å²) >= 11 is 12.2. The lowest BCUT2D eigenvalue weighted by molar-refractivity contribution is -0.0538.